The van der Waals surface area contributed by atoms with Crippen LogP contribution in [0.1, 0.15) is 56.2 Å². The van der Waals surface area contributed by atoms with E-state index in [4.69, 9.17) is 0 Å². The van der Waals surface area contributed by atoms with Crippen LogP contribution in [0.25, 0.3) is 0 Å². The monoisotopic (exact) mass is 270 g/mol. The molecule has 3 unspecified atom stereocenters. The van der Waals surface area contributed by atoms with Crippen LogP contribution in [-0.2, 0) is 6.42 Å². The molecule has 1 saturated carbocycles. The number of aryl methyl sites for hydroxylation is 1. The van der Waals surface area contributed by atoms with Gasteiger partial charge in [-0.25, -0.2) is 0 Å². The van der Waals surface area contributed by atoms with Crippen LogP contribution < -0.4 is 5.32 Å². The van der Waals surface area contributed by atoms with Crippen molar-refractivity contribution in [3.8, 4) is 0 Å². The van der Waals surface area contributed by atoms with Gasteiger partial charge in [0.2, 0.25) is 0 Å². The van der Waals surface area contributed by atoms with E-state index in [1.807, 2.05) is 0 Å². The van der Waals surface area contributed by atoms with Gasteiger partial charge in [-0.1, -0.05) is 24.3 Å². The molecule has 2 heteroatoms. The molecule has 1 aromatic carbocycles. The zero-order valence-corrected chi connectivity index (χ0v) is 12.5. The topological polar surface area (TPSA) is 15.3 Å². The summed E-state index contributed by atoms with van der Waals surface area (Å²) < 4.78 is 0. The number of likely N-dealkylation sites (tertiary alicyclic amines) is 1. The van der Waals surface area contributed by atoms with Crippen molar-refractivity contribution in [2.75, 3.05) is 6.54 Å². The van der Waals surface area contributed by atoms with Crippen molar-refractivity contribution < 1.29 is 0 Å². The summed E-state index contributed by atoms with van der Waals surface area (Å²) in [6, 6.07) is 12.0. The Hall–Kier alpha value is -0.860. The fourth-order valence-electron chi connectivity index (χ4n) is 4.30. The minimum absolute atomic E-state index is 0.594. The minimum Gasteiger partial charge on any atom is -0.306 e. The molecule has 0 radical (unpaired) electrons. The van der Waals surface area contributed by atoms with Crippen LogP contribution in [-0.4, -0.2) is 29.6 Å². The predicted octanol–water partition coefficient (Wildman–Crippen LogP) is 3.28. The smallest absolute Gasteiger partial charge is 0.0326 e. The highest BCUT2D eigenvalue weighted by Crippen LogP contribution is 2.35. The summed E-state index contributed by atoms with van der Waals surface area (Å²) in [6.45, 7) is 3.68. The van der Waals surface area contributed by atoms with Gasteiger partial charge in [0.1, 0.15) is 0 Å². The maximum absolute atomic E-state index is 3.98. The first-order valence-corrected chi connectivity index (χ1v) is 8.41. The quantitative estimate of drug-likeness (QED) is 0.907. The van der Waals surface area contributed by atoms with E-state index in [-0.39, 0.29) is 0 Å². The maximum Gasteiger partial charge on any atom is 0.0326 e. The van der Waals surface area contributed by atoms with Gasteiger partial charge in [-0.2, -0.15) is 0 Å². The normalized spacial score (nSPS) is 34.1. The Balaban J connectivity index is 1.45. The highest BCUT2D eigenvalue weighted by Gasteiger charge is 2.39. The molecular formula is C18H26N2. The van der Waals surface area contributed by atoms with E-state index in [0.717, 1.165) is 12.1 Å². The van der Waals surface area contributed by atoms with Crippen LogP contribution in [0.4, 0.5) is 0 Å². The van der Waals surface area contributed by atoms with Gasteiger partial charge in [-0.05, 0) is 56.6 Å². The molecule has 3 atom stereocenters. The van der Waals surface area contributed by atoms with E-state index in [0.29, 0.717) is 12.1 Å². The van der Waals surface area contributed by atoms with Gasteiger partial charge in [-0.3, -0.25) is 4.90 Å². The molecule has 108 valence electrons. The van der Waals surface area contributed by atoms with Gasteiger partial charge in [0.05, 0.1) is 0 Å². The van der Waals surface area contributed by atoms with Crippen LogP contribution in [0.3, 0.4) is 0 Å². The Kier molecular flexibility index (Phi) is 3.31. The molecule has 0 bridgehead atoms. The third kappa shape index (κ3) is 2.40. The number of rotatable bonds is 3. The van der Waals surface area contributed by atoms with E-state index < -0.39 is 0 Å². The largest absolute Gasteiger partial charge is 0.306 e. The van der Waals surface area contributed by atoms with Gasteiger partial charge < -0.3 is 5.32 Å². The highest BCUT2D eigenvalue weighted by atomic mass is 15.3. The number of benzene rings is 1. The lowest BCUT2D eigenvalue weighted by Crippen LogP contribution is -2.37. The summed E-state index contributed by atoms with van der Waals surface area (Å²) in [5, 5.41) is 3.98. The number of hydrogen-bond donors (Lipinski definition) is 1. The summed E-state index contributed by atoms with van der Waals surface area (Å²) >= 11 is 0. The molecule has 2 nitrogen and oxygen atoms in total. The zero-order valence-electron chi connectivity index (χ0n) is 12.5. The van der Waals surface area contributed by atoms with Gasteiger partial charge in [0.25, 0.3) is 0 Å². The van der Waals surface area contributed by atoms with Gasteiger partial charge >= 0.3 is 0 Å². The second-order valence-electron chi connectivity index (χ2n) is 7.02. The van der Waals surface area contributed by atoms with E-state index >= 15 is 0 Å². The van der Waals surface area contributed by atoms with Crippen molar-refractivity contribution in [3.63, 3.8) is 0 Å². The summed E-state index contributed by atoms with van der Waals surface area (Å²) in [5.74, 6) is 0. The molecule has 2 fully saturated rings. The Morgan fingerprint density at radius 1 is 1.15 bits per heavy atom. The number of nitrogens with zero attached hydrogens (tertiary/aromatic N) is 1. The average Bonchev–Trinajstić information content (AvgIpc) is 3.24. The number of nitrogens with one attached hydrogen (secondary N) is 1. The van der Waals surface area contributed by atoms with E-state index in [1.54, 1.807) is 11.1 Å². The second-order valence-corrected chi connectivity index (χ2v) is 7.02. The molecule has 1 N–H and O–H groups in total. The molecule has 0 aromatic heterocycles. The summed E-state index contributed by atoms with van der Waals surface area (Å²) in [7, 11) is 0. The molecule has 0 spiro atoms. The Labute approximate surface area is 122 Å². The Bertz CT molecular complexity index is 480. The first-order chi connectivity index (χ1) is 9.81. The summed E-state index contributed by atoms with van der Waals surface area (Å²) in [4.78, 5) is 2.74. The summed E-state index contributed by atoms with van der Waals surface area (Å²) in [6.07, 6.45) is 8.11. The van der Waals surface area contributed by atoms with Crippen molar-refractivity contribution in [2.45, 2.75) is 69.6 Å². The predicted molar refractivity (Wildman–Crippen MR) is 82.9 cm³/mol. The molecule has 20 heavy (non-hydrogen) atoms. The van der Waals surface area contributed by atoms with Gasteiger partial charge in [0, 0.05) is 30.7 Å². The molecule has 2 aliphatic carbocycles. The maximum atomic E-state index is 3.98. The summed E-state index contributed by atoms with van der Waals surface area (Å²) in [5.41, 5.74) is 3.14. The van der Waals surface area contributed by atoms with Crippen molar-refractivity contribution >= 4 is 0 Å². The zero-order chi connectivity index (χ0) is 13.5. The minimum atomic E-state index is 0.594. The third-order valence-corrected chi connectivity index (χ3v) is 5.45. The molecule has 1 aromatic rings. The molecule has 1 aliphatic heterocycles. The SMILES string of the molecule is CC1CC(NC2CCCc3ccccc32)CN1C1CC1. The standard InChI is InChI=1S/C18H26N2/c1-13-11-15(12-20(13)16-9-10-16)19-18-8-4-6-14-5-2-3-7-17(14)18/h2-3,5,7,13,15-16,18-19H,4,6,8-12H2,1H3. The number of hydrogen-bond acceptors (Lipinski definition) is 2. The molecule has 3 aliphatic rings. The van der Waals surface area contributed by atoms with Crippen LogP contribution in [0.2, 0.25) is 0 Å². The van der Waals surface area contributed by atoms with Crippen molar-refractivity contribution in [1.29, 1.82) is 0 Å². The van der Waals surface area contributed by atoms with E-state index in [1.165, 1.54) is 45.1 Å². The Morgan fingerprint density at radius 2 is 2.00 bits per heavy atom. The lowest BCUT2D eigenvalue weighted by molar-refractivity contribution is 0.253. The fourth-order valence-corrected chi connectivity index (χ4v) is 4.30. The lowest BCUT2D eigenvalue weighted by atomic mass is 9.87. The highest BCUT2D eigenvalue weighted by molar-refractivity contribution is 5.32. The van der Waals surface area contributed by atoms with Crippen molar-refractivity contribution in [2.24, 2.45) is 0 Å². The van der Waals surface area contributed by atoms with Crippen LogP contribution >= 0.6 is 0 Å². The first kappa shape index (κ1) is 12.8. The molecule has 1 heterocycles. The van der Waals surface area contributed by atoms with E-state index in [9.17, 15) is 0 Å². The van der Waals surface area contributed by atoms with Crippen LogP contribution in [0, 0.1) is 0 Å². The second kappa shape index (κ2) is 5.16. The van der Waals surface area contributed by atoms with Crippen LogP contribution in [0.5, 0.6) is 0 Å². The number of fused-ring (bicyclic) bond motifs is 1. The third-order valence-electron chi connectivity index (χ3n) is 5.45. The first-order valence-electron chi connectivity index (χ1n) is 8.41. The molecule has 4 rings (SSSR count). The molecular weight excluding hydrogens is 244 g/mol. The fraction of sp³-hybridized carbons (Fsp3) is 0.667. The van der Waals surface area contributed by atoms with Gasteiger partial charge in [0.15, 0.2) is 0 Å². The van der Waals surface area contributed by atoms with E-state index in [2.05, 4.69) is 41.4 Å². The Morgan fingerprint density at radius 3 is 2.85 bits per heavy atom. The lowest BCUT2D eigenvalue weighted by Gasteiger charge is -2.29. The average molecular weight is 270 g/mol. The molecule has 1 saturated heterocycles. The van der Waals surface area contributed by atoms with Crippen LogP contribution in [0.15, 0.2) is 24.3 Å². The van der Waals surface area contributed by atoms with Gasteiger partial charge in [-0.15, -0.1) is 0 Å². The van der Waals surface area contributed by atoms with Crippen molar-refractivity contribution in [3.05, 3.63) is 35.4 Å². The van der Waals surface area contributed by atoms with Crippen molar-refractivity contribution in [1.82, 2.24) is 10.2 Å². The molecule has 0 amide bonds.